The van der Waals surface area contributed by atoms with Crippen molar-refractivity contribution in [2.24, 2.45) is 17.8 Å². The van der Waals surface area contributed by atoms with Gasteiger partial charge >= 0.3 is 0 Å². The molecule has 2 aliphatic carbocycles. The molecule has 1 heterocycles. The maximum absolute atomic E-state index is 13.6. The minimum absolute atomic E-state index is 0.209. The van der Waals surface area contributed by atoms with Crippen molar-refractivity contribution in [3.05, 3.63) is 83.9 Å². The molecule has 0 N–H and O–H groups in total. The zero-order valence-electron chi connectivity index (χ0n) is 17.0. The number of piperazine rings is 1. The number of nitrogens with zero attached hydrogens (tertiary/aromatic N) is 2. The van der Waals surface area contributed by atoms with Gasteiger partial charge < -0.3 is 4.90 Å². The maximum atomic E-state index is 13.6. The van der Waals surface area contributed by atoms with E-state index in [1.807, 2.05) is 36.4 Å². The molecule has 2 bridgehead atoms. The Labute approximate surface area is 174 Å². The number of hydrogen-bond acceptors (Lipinski definition) is 2. The molecule has 2 aromatic carbocycles. The average molecular weight is 387 g/mol. The minimum Gasteiger partial charge on any atom is -0.339 e. The summed E-state index contributed by atoms with van der Waals surface area (Å²) in [4.78, 5) is 18.2. The van der Waals surface area contributed by atoms with Crippen LogP contribution in [0.25, 0.3) is 0 Å². The Hall–Kier alpha value is -2.39. The first-order valence-corrected chi connectivity index (χ1v) is 11.1. The third-order valence-electron chi connectivity index (χ3n) is 7.11. The molecule has 3 unspecified atom stereocenters. The van der Waals surface area contributed by atoms with Crippen LogP contribution in [0.2, 0.25) is 0 Å². The van der Waals surface area contributed by atoms with Crippen molar-refractivity contribution in [2.45, 2.75) is 18.8 Å². The summed E-state index contributed by atoms with van der Waals surface area (Å²) >= 11 is 0. The van der Waals surface area contributed by atoms with Gasteiger partial charge in [-0.15, -0.1) is 0 Å². The van der Waals surface area contributed by atoms with Gasteiger partial charge in [0.1, 0.15) is 0 Å². The van der Waals surface area contributed by atoms with Crippen molar-refractivity contribution < 1.29 is 4.79 Å². The molecule has 1 saturated carbocycles. The molecule has 3 heteroatoms. The van der Waals surface area contributed by atoms with Gasteiger partial charge in [-0.2, -0.15) is 0 Å². The fraction of sp³-hybridized carbons (Fsp3) is 0.423. The van der Waals surface area contributed by atoms with Crippen molar-refractivity contribution in [2.75, 3.05) is 32.7 Å². The van der Waals surface area contributed by atoms with E-state index < -0.39 is 0 Å². The molecule has 2 aromatic rings. The van der Waals surface area contributed by atoms with E-state index in [-0.39, 0.29) is 11.8 Å². The molecule has 1 aliphatic heterocycles. The van der Waals surface area contributed by atoms with Crippen molar-refractivity contribution in [1.29, 1.82) is 0 Å². The molecular formula is C26H30N2O. The third-order valence-corrected chi connectivity index (χ3v) is 7.11. The van der Waals surface area contributed by atoms with Gasteiger partial charge in [-0.1, -0.05) is 72.8 Å². The zero-order valence-corrected chi connectivity index (χ0v) is 17.0. The van der Waals surface area contributed by atoms with E-state index in [0.29, 0.717) is 0 Å². The summed E-state index contributed by atoms with van der Waals surface area (Å²) in [5.41, 5.74) is 2.17. The first-order valence-electron chi connectivity index (χ1n) is 11.1. The lowest BCUT2D eigenvalue weighted by Crippen LogP contribution is -2.51. The van der Waals surface area contributed by atoms with E-state index in [4.69, 9.17) is 0 Å². The topological polar surface area (TPSA) is 23.6 Å². The van der Waals surface area contributed by atoms with Crippen LogP contribution in [0.3, 0.4) is 0 Å². The van der Waals surface area contributed by atoms with E-state index in [1.54, 1.807) is 0 Å². The lowest BCUT2D eigenvalue weighted by molar-refractivity contribution is -0.133. The van der Waals surface area contributed by atoms with Crippen LogP contribution in [0.4, 0.5) is 0 Å². The molecule has 2 fully saturated rings. The molecular weight excluding hydrogens is 356 g/mol. The van der Waals surface area contributed by atoms with Crippen molar-refractivity contribution in [3.8, 4) is 0 Å². The van der Waals surface area contributed by atoms with Gasteiger partial charge in [0.05, 0.1) is 5.92 Å². The highest BCUT2D eigenvalue weighted by molar-refractivity contribution is 5.87. The van der Waals surface area contributed by atoms with E-state index in [9.17, 15) is 4.79 Å². The standard InChI is InChI=1S/C26H30N2O/c29-26(25(21-7-3-1-4-8-21)22-9-5-2-6-10-22)28-15-13-27(14-16-28)19-24-18-20-11-12-23(24)17-20/h1-12,20,23-25H,13-19H2. The maximum Gasteiger partial charge on any atom is 0.234 e. The molecule has 1 amide bonds. The number of carbonyl (C=O) groups is 1. The zero-order chi connectivity index (χ0) is 19.6. The predicted octanol–water partition coefficient (Wildman–Crippen LogP) is 4.17. The number of allylic oxidation sites excluding steroid dienone is 2. The summed E-state index contributed by atoms with van der Waals surface area (Å²) in [6, 6.07) is 20.5. The van der Waals surface area contributed by atoms with Crippen LogP contribution in [0.5, 0.6) is 0 Å². The average Bonchev–Trinajstić information content (AvgIpc) is 3.39. The second-order valence-corrected chi connectivity index (χ2v) is 8.92. The summed E-state index contributed by atoms with van der Waals surface area (Å²) < 4.78 is 0. The van der Waals surface area contributed by atoms with E-state index >= 15 is 0 Å². The Morgan fingerprint density at radius 2 is 1.45 bits per heavy atom. The normalized spacial score (nSPS) is 26.4. The lowest BCUT2D eigenvalue weighted by atomic mass is 9.89. The summed E-state index contributed by atoms with van der Waals surface area (Å²) in [5, 5.41) is 0. The van der Waals surface area contributed by atoms with Crippen molar-refractivity contribution in [1.82, 2.24) is 9.80 Å². The number of rotatable bonds is 5. The van der Waals surface area contributed by atoms with Gasteiger partial charge in [-0.3, -0.25) is 9.69 Å². The molecule has 0 spiro atoms. The van der Waals surface area contributed by atoms with Gasteiger partial charge in [0, 0.05) is 32.7 Å². The molecule has 3 nitrogen and oxygen atoms in total. The number of amides is 1. The Kier molecular flexibility index (Phi) is 5.24. The number of carbonyl (C=O) groups excluding carboxylic acids is 1. The summed E-state index contributed by atoms with van der Waals surface area (Å²) in [5.74, 6) is 2.50. The smallest absolute Gasteiger partial charge is 0.234 e. The van der Waals surface area contributed by atoms with Crippen LogP contribution in [0.1, 0.15) is 29.9 Å². The summed E-state index contributed by atoms with van der Waals surface area (Å²) in [6.45, 7) is 4.88. The van der Waals surface area contributed by atoms with E-state index in [1.165, 1.54) is 19.4 Å². The highest BCUT2D eigenvalue weighted by Crippen LogP contribution is 2.43. The van der Waals surface area contributed by atoms with Crippen LogP contribution < -0.4 is 0 Å². The van der Waals surface area contributed by atoms with Crippen LogP contribution in [0.15, 0.2) is 72.8 Å². The minimum atomic E-state index is -0.209. The SMILES string of the molecule is O=C(C(c1ccccc1)c1ccccc1)N1CCN(CC2CC3C=CC2C3)CC1. The molecule has 3 atom stereocenters. The Morgan fingerprint density at radius 3 is 1.97 bits per heavy atom. The second-order valence-electron chi connectivity index (χ2n) is 8.92. The fourth-order valence-electron chi connectivity index (χ4n) is 5.54. The number of hydrogen-bond donors (Lipinski definition) is 0. The predicted molar refractivity (Wildman–Crippen MR) is 117 cm³/mol. The third kappa shape index (κ3) is 3.89. The van der Waals surface area contributed by atoms with Gasteiger partial charge in [0.2, 0.25) is 5.91 Å². The first-order chi connectivity index (χ1) is 14.3. The molecule has 29 heavy (non-hydrogen) atoms. The first kappa shape index (κ1) is 18.6. The molecule has 1 saturated heterocycles. The van der Waals surface area contributed by atoms with Gasteiger partial charge in [0.25, 0.3) is 0 Å². The van der Waals surface area contributed by atoms with Crippen molar-refractivity contribution in [3.63, 3.8) is 0 Å². The Morgan fingerprint density at radius 1 is 0.828 bits per heavy atom. The number of fused-ring (bicyclic) bond motifs is 2. The van der Waals surface area contributed by atoms with E-state index in [0.717, 1.165) is 55.1 Å². The monoisotopic (exact) mass is 386 g/mol. The Balaban J connectivity index is 1.25. The molecule has 0 radical (unpaired) electrons. The molecule has 0 aromatic heterocycles. The summed E-state index contributed by atoms with van der Waals surface area (Å²) in [7, 11) is 0. The lowest BCUT2D eigenvalue weighted by Gasteiger charge is -2.38. The van der Waals surface area contributed by atoms with Gasteiger partial charge in [0.15, 0.2) is 0 Å². The van der Waals surface area contributed by atoms with E-state index in [2.05, 4.69) is 46.2 Å². The van der Waals surface area contributed by atoms with Gasteiger partial charge in [-0.05, 0) is 41.7 Å². The summed E-state index contributed by atoms with van der Waals surface area (Å²) in [6.07, 6.45) is 7.61. The largest absolute Gasteiger partial charge is 0.339 e. The quantitative estimate of drug-likeness (QED) is 0.720. The van der Waals surface area contributed by atoms with Crippen LogP contribution >= 0.6 is 0 Å². The number of benzene rings is 2. The highest BCUT2D eigenvalue weighted by Gasteiger charge is 2.37. The van der Waals surface area contributed by atoms with Crippen molar-refractivity contribution >= 4 is 5.91 Å². The highest BCUT2D eigenvalue weighted by atomic mass is 16.2. The van der Waals surface area contributed by atoms with Crippen LogP contribution in [-0.2, 0) is 4.79 Å². The molecule has 5 rings (SSSR count). The fourth-order valence-corrected chi connectivity index (χ4v) is 5.54. The van der Waals surface area contributed by atoms with Crippen LogP contribution in [0, 0.1) is 17.8 Å². The molecule has 3 aliphatic rings. The Bertz CT molecular complexity index is 815. The second kappa shape index (κ2) is 8.16. The molecule has 150 valence electrons. The van der Waals surface area contributed by atoms with Gasteiger partial charge in [-0.25, -0.2) is 0 Å². The van der Waals surface area contributed by atoms with Crippen LogP contribution in [-0.4, -0.2) is 48.4 Å².